The molecule has 1 amide bonds. The largest absolute Gasteiger partial charge is 0.341 e. The van der Waals surface area contributed by atoms with Crippen LogP contribution in [0, 0.1) is 11.8 Å². The third-order valence-corrected chi connectivity index (χ3v) is 5.90. The molecule has 3 heterocycles. The van der Waals surface area contributed by atoms with Crippen molar-refractivity contribution in [3.63, 3.8) is 0 Å². The van der Waals surface area contributed by atoms with E-state index in [1.165, 1.54) is 25.9 Å². The van der Waals surface area contributed by atoms with Gasteiger partial charge in [-0.2, -0.15) is 0 Å². The molecule has 0 bridgehead atoms. The third-order valence-electron chi connectivity index (χ3n) is 5.90. The molecular weight excluding hydrogens is 300 g/mol. The topological polar surface area (TPSA) is 62.5 Å². The first-order chi connectivity index (χ1) is 11.5. The predicted octanol–water partition coefficient (Wildman–Crippen LogP) is 1.84. The highest BCUT2D eigenvalue weighted by Gasteiger charge is 2.38. The summed E-state index contributed by atoms with van der Waals surface area (Å²) >= 11 is 0. The second-order valence-corrected chi connectivity index (χ2v) is 7.69. The molecule has 2 aliphatic rings. The molecule has 5 nitrogen and oxygen atoms in total. The monoisotopic (exact) mass is 330 g/mol. The number of hydrogen-bond donors (Lipinski definition) is 1. The summed E-state index contributed by atoms with van der Waals surface area (Å²) in [7, 11) is 2.21. The number of pyridine rings is 1. The minimum absolute atomic E-state index is 0.00280. The van der Waals surface area contributed by atoms with Gasteiger partial charge >= 0.3 is 0 Å². The highest BCUT2D eigenvalue weighted by atomic mass is 16.2. The van der Waals surface area contributed by atoms with Gasteiger partial charge < -0.3 is 15.5 Å². The smallest absolute Gasteiger partial charge is 0.248 e. The molecule has 3 rings (SSSR count). The summed E-state index contributed by atoms with van der Waals surface area (Å²) < 4.78 is 0. The molecule has 1 aromatic heterocycles. The zero-order valence-corrected chi connectivity index (χ0v) is 14.9. The van der Waals surface area contributed by atoms with E-state index in [2.05, 4.69) is 16.9 Å². The fourth-order valence-corrected chi connectivity index (χ4v) is 4.18. The number of carbonyl (C=O) groups is 1. The van der Waals surface area contributed by atoms with Crippen molar-refractivity contribution in [3.05, 3.63) is 30.1 Å². The van der Waals surface area contributed by atoms with Gasteiger partial charge in [-0.15, -0.1) is 0 Å². The van der Waals surface area contributed by atoms with Gasteiger partial charge in [0.05, 0.1) is 5.69 Å². The van der Waals surface area contributed by atoms with Crippen LogP contribution >= 0.6 is 0 Å². The minimum Gasteiger partial charge on any atom is -0.341 e. The molecule has 5 heteroatoms. The summed E-state index contributed by atoms with van der Waals surface area (Å²) in [6.07, 6.45) is 6.52. The Bertz CT molecular complexity index is 544. The molecule has 1 atom stereocenters. The van der Waals surface area contributed by atoms with Crippen molar-refractivity contribution in [2.75, 3.05) is 33.2 Å². The van der Waals surface area contributed by atoms with Gasteiger partial charge in [0.1, 0.15) is 5.54 Å². The maximum atomic E-state index is 12.9. The highest BCUT2D eigenvalue weighted by Crippen LogP contribution is 2.33. The molecule has 132 valence electrons. The number of aromatic nitrogens is 1. The van der Waals surface area contributed by atoms with Crippen LogP contribution in [0.1, 0.15) is 38.3 Å². The van der Waals surface area contributed by atoms with Crippen LogP contribution in [0.2, 0.25) is 0 Å². The van der Waals surface area contributed by atoms with E-state index in [9.17, 15) is 4.79 Å². The number of likely N-dealkylation sites (tertiary alicyclic amines) is 2. The third kappa shape index (κ3) is 3.62. The molecule has 0 aromatic carbocycles. The summed E-state index contributed by atoms with van der Waals surface area (Å²) in [5.74, 6) is 1.60. The van der Waals surface area contributed by atoms with Crippen LogP contribution in [0.3, 0.4) is 0 Å². The molecule has 1 aromatic rings. The van der Waals surface area contributed by atoms with Gasteiger partial charge in [0.25, 0.3) is 0 Å². The van der Waals surface area contributed by atoms with Gasteiger partial charge in [-0.25, -0.2) is 0 Å². The maximum absolute atomic E-state index is 12.9. The van der Waals surface area contributed by atoms with Crippen molar-refractivity contribution in [2.45, 2.75) is 38.1 Å². The van der Waals surface area contributed by atoms with Crippen LogP contribution in [0.15, 0.2) is 24.4 Å². The number of nitrogens with two attached hydrogens (primary N) is 1. The number of amides is 1. The number of nitrogens with zero attached hydrogens (tertiary/aromatic N) is 3. The number of piperidine rings is 2. The summed E-state index contributed by atoms with van der Waals surface area (Å²) in [5.41, 5.74) is 5.95. The Morgan fingerprint density at radius 1 is 1.12 bits per heavy atom. The van der Waals surface area contributed by atoms with E-state index in [-0.39, 0.29) is 5.91 Å². The zero-order chi connectivity index (χ0) is 17.2. The standard InChI is InChI=1S/C19H30N4O/c1-19(20,17-5-3-4-10-21-17)18(24)23-13-8-16(9-14-23)15-6-11-22(2)12-7-15/h3-5,10,15-16H,6-9,11-14,20H2,1-2H3/t19-/m0/s1. The van der Waals surface area contributed by atoms with Crippen molar-refractivity contribution in [1.29, 1.82) is 0 Å². The van der Waals surface area contributed by atoms with Gasteiger partial charge in [-0.3, -0.25) is 9.78 Å². The van der Waals surface area contributed by atoms with Crippen molar-refractivity contribution in [3.8, 4) is 0 Å². The Morgan fingerprint density at radius 3 is 2.25 bits per heavy atom. The molecule has 2 fully saturated rings. The summed E-state index contributed by atoms with van der Waals surface area (Å²) in [6, 6.07) is 5.56. The predicted molar refractivity (Wildman–Crippen MR) is 95.3 cm³/mol. The average molecular weight is 330 g/mol. The lowest BCUT2D eigenvalue weighted by Crippen LogP contribution is -2.53. The van der Waals surface area contributed by atoms with Crippen LogP contribution in [0.25, 0.3) is 0 Å². The molecule has 0 saturated carbocycles. The lowest BCUT2D eigenvalue weighted by Gasteiger charge is -2.41. The van der Waals surface area contributed by atoms with E-state index >= 15 is 0 Å². The van der Waals surface area contributed by atoms with Crippen molar-refractivity contribution >= 4 is 5.91 Å². The quantitative estimate of drug-likeness (QED) is 0.918. The molecule has 0 aliphatic carbocycles. The molecule has 2 N–H and O–H groups in total. The lowest BCUT2D eigenvalue weighted by molar-refractivity contribution is -0.138. The first kappa shape index (κ1) is 17.4. The lowest BCUT2D eigenvalue weighted by atomic mass is 9.78. The van der Waals surface area contributed by atoms with Crippen LogP contribution in [-0.4, -0.2) is 53.9 Å². The fourth-order valence-electron chi connectivity index (χ4n) is 4.18. The summed E-state index contributed by atoms with van der Waals surface area (Å²) in [5, 5.41) is 0. The SMILES string of the molecule is CN1CCC(C2CCN(C(=O)[C@@](C)(N)c3ccccn3)CC2)CC1. The average Bonchev–Trinajstić information content (AvgIpc) is 2.62. The molecular formula is C19H30N4O. The number of rotatable bonds is 3. The van der Waals surface area contributed by atoms with E-state index < -0.39 is 5.54 Å². The van der Waals surface area contributed by atoms with E-state index in [0.29, 0.717) is 5.69 Å². The zero-order valence-electron chi connectivity index (χ0n) is 14.9. The molecule has 0 unspecified atom stereocenters. The van der Waals surface area contributed by atoms with E-state index in [1.54, 1.807) is 13.1 Å². The Hall–Kier alpha value is -1.46. The minimum atomic E-state index is -1.04. The van der Waals surface area contributed by atoms with Crippen molar-refractivity contribution < 1.29 is 4.79 Å². The van der Waals surface area contributed by atoms with E-state index in [4.69, 9.17) is 5.73 Å². The van der Waals surface area contributed by atoms with Crippen molar-refractivity contribution in [1.82, 2.24) is 14.8 Å². The maximum Gasteiger partial charge on any atom is 0.248 e. The Kier molecular flexibility index (Phi) is 5.21. The number of carbonyl (C=O) groups excluding carboxylic acids is 1. The first-order valence-electron chi connectivity index (χ1n) is 9.17. The van der Waals surface area contributed by atoms with Gasteiger partial charge in [-0.05, 0) is 76.7 Å². The molecule has 24 heavy (non-hydrogen) atoms. The fraction of sp³-hybridized carbons (Fsp3) is 0.684. The Balaban J connectivity index is 1.57. The molecule has 0 spiro atoms. The van der Waals surface area contributed by atoms with Gasteiger partial charge in [0.15, 0.2) is 0 Å². The van der Waals surface area contributed by atoms with E-state index in [0.717, 1.165) is 37.8 Å². The van der Waals surface area contributed by atoms with Crippen LogP contribution in [-0.2, 0) is 10.3 Å². The normalized spacial score (nSPS) is 23.9. The van der Waals surface area contributed by atoms with Gasteiger partial charge in [0, 0.05) is 19.3 Å². The summed E-state index contributed by atoms with van der Waals surface area (Å²) in [6.45, 7) is 5.86. The van der Waals surface area contributed by atoms with E-state index in [1.807, 2.05) is 23.1 Å². The second-order valence-electron chi connectivity index (χ2n) is 7.69. The molecule has 2 saturated heterocycles. The highest BCUT2D eigenvalue weighted by molar-refractivity contribution is 5.86. The Labute approximate surface area is 145 Å². The van der Waals surface area contributed by atoms with Crippen molar-refractivity contribution in [2.24, 2.45) is 17.6 Å². The second kappa shape index (κ2) is 7.19. The first-order valence-corrected chi connectivity index (χ1v) is 9.17. The molecule has 0 radical (unpaired) electrons. The Morgan fingerprint density at radius 2 is 1.71 bits per heavy atom. The number of hydrogen-bond acceptors (Lipinski definition) is 4. The van der Waals surface area contributed by atoms with Crippen LogP contribution in [0.5, 0.6) is 0 Å². The van der Waals surface area contributed by atoms with Crippen LogP contribution < -0.4 is 5.73 Å². The summed E-state index contributed by atoms with van der Waals surface area (Å²) in [4.78, 5) is 21.5. The van der Waals surface area contributed by atoms with Crippen LogP contribution in [0.4, 0.5) is 0 Å². The van der Waals surface area contributed by atoms with Gasteiger partial charge in [-0.1, -0.05) is 6.07 Å². The molecule has 2 aliphatic heterocycles. The van der Waals surface area contributed by atoms with Gasteiger partial charge in [0.2, 0.25) is 5.91 Å².